The molecule has 1 fully saturated rings. The normalized spacial score (nSPS) is 18.5. The second kappa shape index (κ2) is 17.1. The van der Waals surface area contributed by atoms with E-state index in [9.17, 15) is 45.8 Å². The van der Waals surface area contributed by atoms with Gasteiger partial charge in [0.1, 0.15) is 17.9 Å². The van der Waals surface area contributed by atoms with E-state index in [1.807, 2.05) is 6.92 Å². The minimum atomic E-state index is -3.90. The van der Waals surface area contributed by atoms with Crippen LogP contribution in [0.2, 0.25) is 0 Å². The smallest absolute Gasteiger partial charge is 0.412 e. The van der Waals surface area contributed by atoms with Gasteiger partial charge in [0.05, 0.1) is 42.3 Å². The monoisotopic (exact) mass is 756 g/mol. The molecular weight excluding hydrogens is 720 g/mol. The highest BCUT2D eigenvalue weighted by Crippen LogP contribution is 2.31. The van der Waals surface area contributed by atoms with Gasteiger partial charge in [0.2, 0.25) is 10.0 Å². The van der Waals surface area contributed by atoms with Crippen LogP contribution in [-0.2, 0) is 19.5 Å². The van der Waals surface area contributed by atoms with Crippen molar-refractivity contribution < 1.29 is 55.2 Å². The fraction of sp³-hybridized carbons (Fsp3) is 0.375. The summed E-state index contributed by atoms with van der Waals surface area (Å²) in [5.41, 5.74) is -0.649. The molecule has 282 valence electrons. The number of benzene rings is 2. The molecule has 5 N–H and O–H groups in total. The maximum atomic E-state index is 14.1. The van der Waals surface area contributed by atoms with Crippen molar-refractivity contribution in [1.29, 1.82) is 0 Å². The summed E-state index contributed by atoms with van der Waals surface area (Å²) in [5.74, 6) is -2.24. The van der Waals surface area contributed by atoms with Gasteiger partial charge in [-0.1, -0.05) is 19.8 Å². The van der Waals surface area contributed by atoms with Crippen molar-refractivity contribution in [1.82, 2.24) is 19.3 Å². The van der Waals surface area contributed by atoms with E-state index in [1.165, 1.54) is 55.1 Å². The second-order valence-electron chi connectivity index (χ2n) is 11.4. The number of carbonyl (C=O) groups excluding carboxylic acids is 1. The number of rotatable bonds is 11. The summed E-state index contributed by atoms with van der Waals surface area (Å²) >= 11 is 0. The molecule has 1 amide bonds. The van der Waals surface area contributed by atoms with Crippen molar-refractivity contribution in [2.75, 3.05) is 19.0 Å². The van der Waals surface area contributed by atoms with Gasteiger partial charge in [-0.05, 0) is 61.9 Å². The summed E-state index contributed by atoms with van der Waals surface area (Å²) in [6.45, 7) is 3.68. The number of nitrogens with one attached hydrogen (secondary N) is 1. The van der Waals surface area contributed by atoms with E-state index in [0.29, 0.717) is 17.7 Å². The van der Waals surface area contributed by atoms with Gasteiger partial charge in [-0.25, -0.2) is 45.4 Å². The lowest BCUT2D eigenvalue weighted by molar-refractivity contribution is -0.0355. The zero-order valence-corrected chi connectivity index (χ0v) is 28.8. The van der Waals surface area contributed by atoms with Gasteiger partial charge in [-0.15, -0.1) is 0 Å². The Bertz CT molecular complexity index is 2030. The lowest BCUT2D eigenvalue weighted by atomic mass is 10.1. The minimum Gasteiger partial charge on any atom is -0.494 e. The number of aliphatic hydroxyl groups is 2. The van der Waals surface area contributed by atoms with E-state index in [-0.39, 0.29) is 22.9 Å². The van der Waals surface area contributed by atoms with Gasteiger partial charge < -0.3 is 24.4 Å². The van der Waals surface area contributed by atoms with E-state index in [4.69, 9.17) is 19.3 Å². The Kier molecular flexibility index (Phi) is 13.1. The van der Waals surface area contributed by atoms with Crippen molar-refractivity contribution in [2.24, 2.45) is 5.14 Å². The number of methoxy groups -OCH3 is 1. The molecule has 15 nitrogen and oxygen atoms in total. The molecule has 2 aromatic heterocycles. The topological polar surface area (TPSA) is 210 Å². The number of hydrogen-bond donors (Lipinski definition) is 4. The number of alkyl halides is 2. The Balaban J connectivity index is 0.000000234. The number of primary sulfonamides is 1. The number of carbonyl (C=O) groups is 1. The van der Waals surface area contributed by atoms with E-state index in [1.54, 1.807) is 0 Å². The summed E-state index contributed by atoms with van der Waals surface area (Å²) in [6.07, 6.45) is -5.09. The molecule has 52 heavy (non-hydrogen) atoms. The van der Waals surface area contributed by atoms with E-state index >= 15 is 0 Å². The number of anilines is 1. The van der Waals surface area contributed by atoms with Crippen molar-refractivity contribution >= 4 is 21.9 Å². The van der Waals surface area contributed by atoms with Crippen LogP contribution >= 0.6 is 0 Å². The Morgan fingerprint density at radius 3 is 2.33 bits per heavy atom. The van der Waals surface area contributed by atoms with Crippen LogP contribution in [0, 0.1) is 11.6 Å². The van der Waals surface area contributed by atoms with Gasteiger partial charge in [-0.3, -0.25) is 9.88 Å². The molecule has 0 spiro atoms. The quantitative estimate of drug-likeness (QED) is 0.127. The molecule has 1 aliphatic rings. The Labute approximate surface area is 294 Å². The first-order valence-electron chi connectivity index (χ1n) is 15.6. The molecule has 1 saturated heterocycles. The van der Waals surface area contributed by atoms with Gasteiger partial charge >= 0.3 is 11.8 Å². The Hall–Kier alpha value is -4.89. The van der Waals surface area contributed by atoms with Crippen LogP contribution in [-0.4, -0.2) is 76.1 Å². The molecule has 5 rings (SSSR count). The number of nitrogens with two attached hydrogens (primary N) is 1. The van der Waals surface area contributed by atoms with Crippen molar-refractivity contribution in [3.8, 4) is 22.7 Å². The molecule has 4 atom stereocenters. The van der Waals surface area contributed by atoms with Gasteiger partial charge in [0.25, 0.3) is 6.43 Å². The summed E-state index contributed by atoms with van der Waals surface area (Å²) in [4.78, 5) is 26.9. The van der Waals surface area contributed by atoms with Crippen molar-refractivity contribution in [3.63, 3.8) is 0 Å². The van der Waals surface area contributed by atoms with Crippen LogP contribution in [0.4, 0.5) is 28.2 Å². The SMILES string of the molecule is CCCCCOC(=O)Nc1nc(=O)n([C@@H]2O[C@H](C)[C@@H](O)[C@H]2O)cc1F.COc1ccc(-c2cc(C(F)F)nn2-c2ccc(S(N)(=O)=O)cc2)cc1F. The Morgan fingerprint density at radius 2 is 1.77 bits per heavy atom. The third-order valence-electron chi connectivity index (χ3n) is 7.67. The van der Waals surface area contributed by atoms with Gasteiger partial charge in [0.15, 0.2) is 29.4 Å². The highest BCUT2D eigenvalue weighted by Gasteiger charge is 2.42. The molecule has 0 radical (unpaired) electrons. The zero-order chi connectivity index (χ0) is 38.3. The lowest BCUT2D eigenvalue weighted by Gasteiger charge is -2.17. The van der Waals surface area contributed by atoms with Crippen LogP contribution in [0.25, 0.3) is 16.9 Å². The number of aromatic nitrogens is 4. The molecule has 2 aromatic carbocycles. The van der Waals surface area contributed by atoms with Crippen LogP contribution in [0.3, 0.4) is 0 Å². The average Bonchev–Trinajstić information content (AvgIpc) is 3.66. The third kappa shape index (κ3) is 9.50. The van der Waals surface area contributed by atoms with Crippen molar-refractivity contribution in [2.45, 2.75) is 69.0 Å². The maximum Gasteiger partial charge on any atom is 0.412 e. The predicted molar refractivity (Wildman–Crippen MR) is 176 cm³/mol. The van der Waals surface area contributed by atoms with E-state index in [0.717, 1.165) is 35.7 Å². The minimum absolute atomic E-state index is 0.0106. The number of hydrogen-bond acceptors (Lipinski definition) is 11. The standard InChI is InChI=1S/C17H14F3N3O3S.C15H22FN3O6/c1-26-16-7-2-10(8-13(16)18)15-9-14(17(19)20)22-23(15)11-3-5-12(6-4-11)27(21,24)25;1-3-4-5-6-24-15(23)18-12-9(16)7-19(14(22)17-12)13-11(21)10(20)8(2)25-13/h2-9,17H,1H3,(H2,21,24,25);7-8,10-11,13,20-21H,3-6H2,1-2H3,(H,17,18,22,23)/t;8-,10-,11-,13-/m.1/s1. The fourth-order valence-electron chi connectivity index (χ4n) is 4.93. The number of amides is 1. The molecule has 0 unspecified atom stereocenters. The largest absolute Gasteiger partial charge is 0.494 e. The summed E-state index contributed by atoms with van der Waals surface area (Å²) in [5, 5.41) is 30.5. The number of sulfonamides is 1. The zero-order valence-electron chi connectivity index (χ0n) is 27.9. The Morgan fingerprint density at radius 1 is 1.08 bits per heavy atom. The van der Waals surface area contributed by atoms with Gasteiger partial charge in [-0.2, -0.15) is 10.1 Å². The first-order chi connectivity index (χ1) is 24.5. The number of halogens is 4. The summed E-state index contributed by atoms with van der Waals surface area (Å²) < 4.78 is 94.0. The fourth-order valence-corrected chi connectivity index (χ4v) is 5.45. The third-order valence-corrected chi connectivity index (χ3v) is 8.60. The molecule has 4 aromatic rings. The van der Waals surface area contributed by atoms with Crippen LogP contribution < -0.4 is 20.9 Å². The number of nitrogens with zero attached hydrogens (tertiary/aromatic N) is 4. The molecule has 0 saturated carbocycles. The first-order valence-corrected chi connectivity index (χ1v) is 17.2. The van der Waals surface area contributed by atoms with Gasteiger partial charge in [0, 0.05) is 5.56 Å². The second-order valence-corrected chi connectivity index (χ2v) is 12.9. The number of ether oxygens (including phenoxy) is 3. The lowest BCUT2D eigenvalue weighted by Crippen LogP contribution is -2.36. The molecule has 0 aliphatic carbocycles. The predicted octanol–water partition coefficient (Wildman–Crippen LogP) is 4.03. The highest BCUT2D eigenvalue weighted by atomic mass is 32.2. The molecule has 0 bridgehead atoms. The first kappa shape index (κ1) is 39.9. The highest BCUT2D eigenvalue weighted by molar-refractivity contribution is 7.89. The van der Waals surface area contributed by atoms with Crippen LogP contribution in [0.1, 0.15) is 51.5 Å². The summed E-state index contributed by atoms with van der Waals surface area (Å²) in [7, 11) is -2.59. The summed E-state index contributed by atoms with van der Waals surface area (Å²) in [6, 6.07) is 10.3. The molecule has 20 heteroatoms. The molecule has 1 aliphatic heterocycles. The molecular formula is C32H36F4N6O9S. The number of aliphatic hydroxyl groups excluding tert-OH is 2. The maximum absolute atomic E-state index is 14.1. The van der Waals surface area contributed by atoms with E-state index < -0.39 is 75.9 Å². The number of unbranched alkanes of at least 4 members (excludes halogenated alkanes) is 2. The van der Waals surface area contributed by atoms with Crippen LogP contribution in [0.5, 0.6) is 5.75 Å². The van der Waals surface area contributed by atoms with Crippen LogP contribution in [0.15, 0.2) is 64.4 Å². The van der Waals surface area contributed by atoms with E-state index in [2.05, 4.69) is 15.4 Å². The average molecular weight is 757 g/mol. The van der Waals surface area contributed by atoms with Crippen molar-refractivity contribution in [3.05, 3.63) is 82.5 Å². The molecule has 3 heterocycles.